The first-order valence-corrected chi connectivity index (χ1v) is 6.78. The molecule has 18 heavy (non-hydrogen) atoms. The maximum Gasteiger partial charge on any atom is 0.242 e. The minimum absolute atomic E-state index is 0.0962. The third kappa shape index (κ3) is 3.47. The number of hydrogen-bond donors (Lipinski definition) is 1. The molecule has 0 heterocycles. The molecule has 0 aliphatic heterocycles. The van der Waals surface area contributed by atoms with Crippen molar-refractivity contribution in [2.75, 3.05) is 13.6 Å². The summed E-state index contributed by atoms with van der Waals surface area (Å²) in [7, 11) is -2.54. The van der Waals surface area contributed by atoms with Crippen molar-refractivity contribution < 1.29 is 22.3 Å². The lowest BCUT2D eigenvalue weighted by Crippen LogP contribution is -2.29. The van der Waals surface area contributed by atoms with Gasteiger partial charge in [-0.1, -0.05) is 0 Å². The van der Waals surface area contributed by atoms with Gasteiger partial charge in [-0.2, -0.15) is 0 Å². The van der Waals surface area contributed by atoms with Gasteiger partial charge >= 0.3 is 0 Å². The van der Waals surface area contributed by atoms with Gasteiger partial charge in [-0.05, 0) is 31.5 Å². The van der Waals surface area contributed by atoms with Gasteiger partial charge in [-0.15, -0.1) is 0 Å². The summed E-state index contributed by atoms with van der Waals surface area (Å²) in [6.07, 6.45) is -0.369. The van der Waals surface area contributed by atoms with Crippen LogP contribution in [0.1, 0.15) is 13.3 Å². The second kappa shape index (κ2) is 5.73. The van der Waals surface area contributed by atoms with Gasteiger partial charge in [0.2, 0.25) is 10.0 Å². The number of aliphatic hydroxyl groups is 1. The van der Waals surface area contributed by atoms with Crippen molar-refractivity contribution in [3.8, 4) is 0 Å². The molecule has 0 aliphatic rings. The van der Waals surface area contributed by atoms with Crippen molar-refractivity contribution >= 4 is 10.0 Å². The molecule has 1 aromatic carbocycles. The van der Waals surface area contributed by atoms with Gasteiger partial charge in [0.05, 0.1) is 11.0 Å². The molecule has 0 saturated heterocycles. The van der Waals surface area contributed by atoms with Crippen LogP contribution in [0.4, 0.5) is 8.78 Å². The minimum Gasteiger partial charge on any atom is -0.393 e. The minimum atomic E-state index is -3.86. The van der Waals surface area contributed by atoms with Crippen molar-refractivity contribution in [1.82, 2.24) is 4.31 Å². The van der Waals surface area contributed by atoms with Crippen molar-refractivity contribution in [2.45, 2.75) is 24.3 Å². The second-order valence-electron chi connectivity index (χ2n) is 4.04. The Balaban J connectivity index is 2.95. The van der Waals surface area contributed by atoms with E-state index in [2.05, 4.69) is 0 Å². The molecule has 1 N–H and O–H groups in total. The van der Waals surface area contributed by atoms with Crippen LogP contribution in [0, 0.1) is 11.6 Å². The van der Waals surface area contributed by atoms with E-state index in [1.54, 1.807) is 0 Å². The van der Waals surface area contributed by atoms with Gasteiger partial charge in [0.1, 0.15) is 0 Å². The molecule has 7 heteroatoms. The van der Waals surface area contributed by atoms with Crippen LogP contribution >= 0.6 is 0 Å². The highest BCUT2D eigenvalue weighted by Gasteiger charge is 2.22. The quantitative estimate of drug-likeness (QED) is 0.885. The Labute approximate surface area is 105 Å². The van der Waals surface area contributed by atoms with Crippen molar-refractivity contribution in [3.05, 3.63) is 29.8 Å². The maximum absolute atomic E-state index is 13.0. The third-order valence-corrected chi connectivity index (χ3v) is 4.31. The van der Waals surface area contributed by atoms with E-state index in [0.29, 0.717) is 6.07 Å². The fourth-order valence-electron chi connectivity index (χ4n) is 1.31. The zero-order valence-corrected chi connectivity index (χ0v) is 10.9. The highest BCUT2D eigenvalue weighted by Crippen LogP contribution is 2.17. The summed E-state index contributed by atoms with van der Waals surface area (Å²) in [4.78, 5) is -0.311. The second-order valence-corrected chi connectivity index (χ2v) is 6.09. The van der Waals surface area contributed by atoms with Gasteiger partial charge < -0.3 is 5.11 Å². The fraction of sp³-hybridized carbons (Fsp3) is 0.455. The summed E-state index contributed by atoms with van der Waals surface area (Å²) >= 11 is 0. The van der Waals surface area contributed by atoms with Crippen LogP contribution in [0.15, 0.2) is 23.1 Å². The molecule has 0 bridgehead atoms. The molecule has 0 radical (unpaired) electrons. The summed E-state index contributed by atoms with van der Waals surface area (Å²) in [5.41, 5.74) is 0. The van der Waals surface area contributed by atoms with E-state index >= 15 is 0 Å². The molecule has 1 aromatic rings. The molecule has 0 amide bonds. The number of aliphatic hydroxyl groups excluding tert-OH is 1. The molecular formula is C11H15F2NO3S. The molecule has 0 aromatic heterocycles. The van der Waals surface area contributed by atoms with E-state index < -0.39 is 27.8 Å². The van der Waals surface area contributed by atoms with Crippen molar-refractivity contribution in [2.24, 2.45) is 0 Å². The number of halogens is 2. The molecular weight excluding hydrogens is 264 g/mol. The van der Waals surface area contributed by atoms with Gasteiger partial charge in [-0.3, -0.25) is 0 Å². The van der Waals surface area contributed by atoms with E-state index in [9.17, 15) is 17.2 Å². The predicted molar refractivity (Wildman–Crippen MR) is 62.5 cm³/mol. The summed E-state index contributed by atoms with van der Waals surface area (Å²) in [6.45, 7) is 1.64. The van der Waals surface area contributed by atoms with Crippen molar-refractivity contribution in [1.29, 1.82) is 0 Å². The van der Waals surface area contributed by atoms with Gasteiger partial charge in [-0.25, -0.2) is 21.5 Å². The van der Waals surface area contributed by atoms with Crippen LogP contribution in [-0.4, -0.2) is 37.5 Å². The van der Waals surface area contributed by atoms with E-state index in [-0.39, 0.29) is 17.9 Å². The first-order chi connectivity index (χ1) is 8.25. The Bertz CT molecular complexity index is 517. The van der Waals surface area contributed by atoms with Gasteiger partial charge in [0, 0.05) is 13.6 Å². The van der Waals surface area contributed by atoms with Crippen LogP contribution in [0.3, 0.4) is 0 Å². The first-order valence-electron chi connectivity index (χ1n) is 5.34. The van der Waals surface area contributed by atoms with Crippen LogP contribution in [-0.2, 0) is 10.0 Å². The predicted octanol–water partition coefficient (Wildman–Crippen LogP) is 1.36. The topological polar surface area (TPSA) is 57.6 Å². The van der Waals surface area contributed by atoms with Crippen molar-refractivity contribution in [3.63, 3.8) is 0 Å². The SMILES string of the molecule is CC(O)CCN(C)S(=O)(=O)c1ccc(F)c(F)c1. The van der Waals surface area contributed by atoms with Gasteiger partial charge in [0.15, 0.2) is 11.6 Å². The van der Waals surface area contributed by atoms with Crippen LogP contribution < -0.4 is 0 Å². The van der Waals surface area contributed by atoms with Gasteiger partial charge in [0.25, 0.3) is 0 Å². The lowest BCUT2D eigenvalue weighted by atomic mass is 10.3. The van der Waals surface area contributed by atoms with Crippen LogP contribution in [0.2, 0.25) is 0 Å². The summed E-state index contributed by atoms with van der Waals surface area (Å²) in [5, 5.41) is 9.09. The van der Waals surface area contributed by atoms with Crippen LogP contribution in [0.5, 0.6) is 0 Å². The summed E-state index contributed by atoms with van der Waals surface area (Å²) < 4.78 is 50.6. The maximum atomic E-state index is 13.0. The van der Waals surface area contributed by atoms with E-state index in [1.807, 2.05) is 0 Å². The van der Waals surface area contributed by atoms with E-state index in [4.69, 9.17) is 5.11 Å². The highest BCUT2D eigenvalue weighted by molar-refractivity contribution is 7.89. The number of rotatable bonds is 5. The Kier molecular flexibility index (Phi) is 4.78. The molecule has 4 nitrogen and oxygen atoms in total. The fourth-order valence-corrected chi connectivity index (χ4v) is 2.50. The number of benzene rings is 1. The zero-order valence-electron chi connectivity index (χ0n) is 10.1. The third-order valence-electron chi connectivity index (χ3n) is 2.46. The molecule has 0 spiro atoms. The molecule has 102 valence electrons. The molecule has 1 atom stereocenters. The Hall–Kier alpha value is -1.05. The first kappa shape index (κ1) is 15.0. The smallest absolute Gasteiger partial charge is 0.242 e. The molecule has 0 fully saturated rings. The number of nitrogens with zero attached hydrogens (tertiary/aromatic N) is 1. The molecule has 1 unspecified atom stereocenters. The zero-order chi connectivity index (χ0) is 13.9. The number of hydrogen-bond acceptors (Lipinski definition) is 3. The molecule has 0 aliphatic carbocycles. The Morgan fingerprint density at radius 3 is 2.44 bits per heavy atom. The number of sulfonamides is 1. The molecule has 0 saturated carbocycles. The standard InChI is InChI=1S/C11H15F2NO3S/c1-8(15)5-6-14(2)18(16,17)9-3-4-10(12)11(13)7-9/h3-4,7-8,15H,5-6H2,1-2H3. The summed E-state index contributed by atoms with van der Waals surface area (Å²) in [6, 6.07) is 2.42. The largest absolute Gasteiger partial charge is 0.393 e. The molecule has 1 rings (SSSR count). The Morgan fingerprint density at radius 1 is 1.33 bits per heavy atom. The summed E-state index contributed by atoms with van der Waals surface area (Å²) in [5.74, 6) is -2.31. The van der Waals surface area contributed by atoms with E-state index in [0.717, 1.165) is 16.4 Å². The lowest BCUT2D eigenvalue weighted by Gasteiger charge is -2.18. The van der Waals surface area contributed by atoms with Crippen LogP contribution in [0.25, 0.3) is 0 Å². The average Bonchev–Trinajstić information content (AvgIpc) is 2.29. The monoisotopic (exact) mass is 279 g/mol. The van der Waals surface area contributed by atoms with E-state index in [1.165, 1.54) is 14.0 Å². The highest BCUT2D eigenvalue weighted by atomic mass is 32.2. The lowest BCUT2D eigenvalue weighted by molar-refractivity contribution is 0.177. The Morgan fingerprint density at radius 2 is 1.94 bits per heavy atom. The normalized spacial score (nSPS) is 13.9. The average molecular weight is 279 g/mol.